The maximum Gasteiger partial charge on any atom is 0.410 e. The number of piperidine rings is 1. The van der Waals surface area contributed by atoms with E-state index >= 15 is 0 Å². The number of halogens is 2. The first kappa shape index (κ1) is 25.2. The third-order valence-corrected chi connectivity index (χ3v) is 6.06. The van der Waals surface area contributed by atoms with Crippen molar-refractivity contribution < 1.29 is 14.3 Å². The van der Waals surface area contributed by atoms with Crippen molar-refractivity contribution in [3.63, 3.8) is 0 Å². The first-order valence-corrected chi connectivity index (χ1v) is 9.71. The molecule has 0 radical (unpaired) electrons. The van der Waals surface area contributed by atoms with Gasteiger partial charge in [0.25, 0.3) is 0 Å². The van der Waals surface area contributed by atoms with Crippen LogP contribution in [0.15, 0.2) is 0 Å². The predicted molar refractivity (Wildman–Crippen MR) is 114 cm³/mol. The largest absolute Gasteiger partial charge is 0.441 e. The normalized spacial score (nSPS) is 24.3. The van der Waals surface area contributed by atoms with Crippen molar-refractivity contribution in [3.05, 3.63) is 0 Å². The van der Waals surface area contributed by atoms with Crippen LogP contribution in [0.25, 0.3) is 0 Å². The van der Waals surface area contributed by atoms with E-state index in [1.165, 1.54) is 6.42 Å². The van der Waals surface area contributed by atoms with Gasteiger partial charge in [0.05, 0.1) is 13.1 Å². The molecule has 10 heteroatoms. The SMILES string of the molecule is CNCC(=O)N1CCC2(CC1)CN(CCN1CCC(N(C)C)C1)C(=O)O2.Cl.Cl. The maximum atomic E-state index is 12.3. The molecule has 1 spiro atoms. The molecule has 3 aliphatic rings. The number of nitrogens with zero attached hydrogens (tertiary/aromatic N) is 4. The molecule has 28 heavy (non-hydrogen) atoms. The summed E-state index contributed by atoms with van der Waals surface area (Å²) in [5.74, 6) is 0.119. The van der Waals surface area contributed by atoms with Crippen LogP contribution in [0, 0.1) is 0 Å². The molecule has 3 rings (SSSR count). The standard InChI is InChI=1S/C18H33N5O3.2ClH/c1-19-12-16(24)22-8-5-18(6-9-22)14-23(17(25)26-18)11-10-21-7-4-15(13-21)20(2)3;;/h15,19H,4-14H2,1-3H3;2*1H. The van der Waals surface area contributed by atoms with Gasteiger partial charge in [-0.15, -0.1) is 24.8 Å². The second-order valence-electron chi connectivity index (χ2n) is 8.09. The minimum Gasteiger partial charge on any atom is -0.441 e. The Morgan fingerprint density at radius 3 is 2.46 bits per heavy atom. The fourth-order valence-electron chi connectivity index (χ4n) is 4.25. The summed E-state index contributed by atoms with van der Waals surface area (Å²) >= 11 is 0. The van der Waals surface area contributed by atoms with Gasteiger partial charge in [-0.2, -0.15) is 0 Å². The summed E-state index contributed by atoms with van der Waals surface area (Å²) in [7, 11) is 6.04. The van der Waals surface area contributed by atoms with Gasteiger partial charge in [-0.1, -0.05) is 0 Å². The number of hydrogen-bond acceptors (Lipinski definition) is 6. The molecule has 0 saturated carbocycles. The number of amides is 2. The van der Waals surface area contributed by atoms with Crippen LogP contribution in [-0.2, 0) is 9.53 Å². The van der Waals surface area contributed by atoms with Crippen LogP contribution < -0.4 is 5.32 Å². The second-order valence-corrected chi connectivity index (χ2v) is 8.09. The first-order valence-electron chi connectivity index (χ1n) is 9.71. The molecule has 3 fully saturated rings. The van der Waals surface area contributed by atoms with Crippen LogP contribution in [0.5, 0.6) is 0 Å². The van der Waals surface area contributed by atoms with Crippen molar-refractivity contribution in [2.75, 3.05) is 73.5 Å². The highest BCUT2D eigenvalue weighted by atomic mass is 35.5. The monoisotopic (exact) mass is 439 g/mol. The first-order chi connectivity index (χ1) is 12.4. The smallest absolute Gasteiger partial charge is 0.410 e. The molecule has 1 atom stereocenters. The Kier molecular flexibility index (Phi) is 9.76. The van der Waals surface area contributed by atoms with Gasteiger partial charge in [0.1, 0.15) is 5.60 Å². The maximum absolute atomic E-state index is 12.3. The lowest BCUT2D eigenvalue weighted by molar-refractivity contribution is -0.133. The number of likely N-dealkylation sites (tertiary alicyclic amines) is 2. The van der Waals surface area contributed by atoms with Gasteiger partial charge >= 0.3 is 6.09 Å². The Labute approximate surface area is 180 Å². The molecule has 3 heterocycles. The number of carbonyl (C=O) groups excluding carboxylic acids is 2. The Morgan fingerprint density at radius 1 is 1.21 bits per heavy atom. The van der Waals surface area contributed by atoms with E-state index in [1.54, 1.807) is 7.05 Å². The summed E-state index contributed by atoms with van der Waals surface area (Å²) in [6.45, 7) is 6.15. The van der Waals surface area contributed by atoms with E-state index in [9.17, 15) is 9.59 Å². The number of rotatable bonds is 6. The zero-order valence-electron chi connectivity index (χ0n) is 17.2. The Bertz CT molecular complexity index is 529. The molecule has 1 unspecified atom stereocenters. The molecule has 0 aromatic carbocycles. The summed E-state index contributed by atoms with van der Waals surface area (Å²) in [6.07, 6.45) is 2.47. The molecule has 0 aliphatic carbocycles. The zero-order chi connectivity index (χ0) is 18.7. The molecule has 8 nitrogen and oxygen atoms in total. The second kappa shape index (κ2) is 10.8. The van der Waals surface area contributed by atoms with Crippen molar-refractivity contribution in [3.8, 4) is 0 Å². The van der Waals surface area contributed by atoms with Crippen LogP contribution in [0.3, 0.4) is 0 Å². The number of likely N-dealkylation sites (N-methyl/N-ethyl adjacent to an activating group) is 2. The average Bonchev–Trinajstić information content (AvgIpc) is 3.19. The minimum atomic E-state index is -0.398. The lowest BCUT2D eigenvalue weighted by atomic mass is 9.91. The summed E-state index contributed by atoms with van der Waals surface area (Å²) < 4.78 is 5.77. The van der Waals surface area contributed by atoms with E-state index in [-0.39, 0.29) is 36.8 Å². The Balaban J connectivity index is 0.00000196. The van der Waals surface area contributed by atoms with E-state index in [0.717, 1.165) is 39.0 Å². The fourth-order valence-corrected chi connectivity index (χ4v) is 4.25. The Morgan fingerprint density at radius 2 is 1.89 bits per heavy atom. The topological polar surface area (TPSA) is 68.4 Å². The summed E-state index contributed by atoms with van der Waals surface area (Å²) in [6, 6.07) is 0.617. The Hall–Kier alpha value is -0.800. The summed E-state index contributed by atoms with van der Waals surface area (Å²) in [4.78, 5) is 32.8. The van der Waals surface area contributed by atoms with E-state index in [0.29, 0.717) is 32.2 Å². The van der Waals surface area contributed by atoms with E-state index in [1.807, 2.05) is 9.80 Å². The van der Waals surface area contributed by atoms with E-state index in [4.69, 9.17) is 4.74 Å². The lowest BCUT2D eigenvalue weighted by Crippen LogP contribution is -2.50. The number of carbonyl (C=O) groups is 2. The van der Waals surface area contributed by atoms with Gasteiger partial charge in [0.15, 0.2) is 0 Å². The highest BCUT2D eigenvalue weighted by Gasteiger charge is 2.47. The quantitative estimate of drug-likeness (QED) is 0.649. The van der Waals surface area contributed by atoms with Crippen LogP contribution in [0.4, 0.5) is 4.79 Å². The van der Waals surface area contributed by atoms with Crippen molar-refractivity contribution in [1.82, 2.24) is 24.9 Å². The number of nitrogens with one attached hydrogen (secondary N) is 1. The van der Waals surface area contributed by atoms with Crippen LogP contribution >= 0.6 is 24.8 Å². The third-order valence-electron chi connectivity index (χ3n) is 6.06. The van der Waals surface area contributed by atoms with E-state index < -0.39 is 5.60 Å². The molecular weight excluding hydrogens is 405 g/mol. The van der Waals surface area contributed by atoms with Crippen LogP contribution in [0.2, 0.25) is 0 Å². The average molecular weight is 440 g/mol. The third kappa shape index (κ3) is 5.86. The molecule has 0 aromatic rings. The molecule has 0 bridgehead atoms. The van der Waals surface area contributed by atoms with Gasteiger partial charge in [0, 0.05) is 51.6 Å². The van der Waals surface area contributed by atoms with Gasteiger partial charge in [0.2, 0.25) is 5.91 Å². The molecular formula is C18H35Cl2N5O3. The summed E-state index contributed by atoms with van der Waals surface area (Å²) in [5.41, 5.74) is -0.398. The molecule has 3 saturated heterocycles. The fraction of sp³-hybridized carbons (Fsp3) is 0.889. The molecule has 1 N–H and O–H groups in total. The van der Waals surface area contributed by atoms with Crippen molar-refractivity contribution in [1.29, 1.82) is 0 Å². The molecule has 0 aromatic heterocycles. The number of hydrogen-bond donors (Lipinski definition) is 1. The molecule has 2 amide bonds. The highest BCUT2D eigenvalue weighted by molar-refractivity contribution is 5.85. The predicted octanol–water partition coefficient (Wildman–Crippen LogP) is 0.499. The van der Waals surface area contributed by atoms with Gasteiger partial charge < -0.3 is 24.8 Å². The molecule has 3 aliphatic heterocycles. The minimum absolute atomic E-state index is 0. The van der Waals surface area contributed by atoms with Gasteiger partial charge in [-0.25, -0.2) is 4.79 Å². The molecule has 164 valence electrons. The lowest BCUT2D eigenvalue weighted by Gasteiger charge is -2.37. The van der Waals surface area contributed by atoms with Crippen molar-refractivity contribution in [2.24, 2.45) is 0 Å². The van der Waals surface area contributed by atoms with Crippen molar-refractivity contribution >= 4 is 36.8 Å². The van der Waals surface area contributed by atoms with Gasteiger partial charge in [-0.05, 0) is 34.1 Å². The highest BCUT2D eigenvalue weighted by Crippen LogP contribution is 2.33. The van der Waals surface area contributed by atoms with E-state index in [2.05, 4.69) is 29.2 Å². The summed E-state index contributed by atoms with van der Waals surface area (Å²) in [5, 5.41) is 2.90. The zero-order valence-corrected chi connectivity index (χ0v) is 18.8. The van der Waals surface area contributed by atoms with Crippen LogP contribution in [0.1, 0.15) is 19.3 Å². The van der Waals surface area contributed by atoms with Gasteiger partial charge in [-0.3, -0.25) is 9.69 Å². The van der Waals surface area contributed by atoms with Crippen molar-refractivity contribution in [2.45, 2.75) is 30.9 Å². The van der Waals surface area contributed by atoms with Crippen LogP contribution in [-0.4, -0.2) is 117 Å². The number of ether oxygens (including phenoxy) is 1.